The van der Waals surface area contributed by atoms with E-state index in [-0.39, 0.29) is 22.6 Å². The number of halogens is 1. The molecule has 2 aromatic rings. The summed E-state index contributed by atoms with van der Waals surface area (Å²) in [6, 6.07) is 12.0. The van der Waals surface area contributed by atoms with Crippen LogP contribution >= 0.6 is 11.6 Å². The van der Waals surface area contributed by atoms with E-state index < -0.39 is 0 Å². The second-order valence-electron chi connectivity index (χ2n) is 5.95. The molecule has 0 aliphatic carbocycles. The minimum atomic E-state index is -0.348. The normalized spacial score (nSPS) is 11.2. The predicted octanol–water partition coefficient (Wildman–Crippen LogP) is 4.60. The zero-order valence-corrected chi connectivity index (χ0v) is 13.0. The number of phenolic OH excluding ortho intramolecular Hbond substituents is 1. The number of phenols is 1. The number of benzene rings is 2. The second-order valence-corrected chi connectivity index (χ2v) is 6.35. The predicted molar refractivity (Wildman–Crippen MR) is 86.2 cm³/mol. The van der Waals surface area contributed by atoms with Crippen LogP contribution in [0.5, 0.6) is 5.75 Å². The third-order valence-electron chi connectivity index (χ3n) is 3.20. The van der Waals surface area contributed by atoms with Crippen molar-refractivity contribution in [2.24, 2.45) is 0 Å². The summed E-state index contributed by atoms with van der Waals surface area (Å²) in [4.78, 5) is 12.2. The third-order valence-corrected chi connectivity index (χ3v) is 3.53. The van der Waals surface area contributed by atoms with Gasteiger partial charge >= 0.3 is 0 Å². The molecular weight excluding hydrogens is 286 g/mol. The smallest absolute Gasteiger partial charge is 0.257 e. The molecule has 1 amide bonds. The van der Waals surface area contributed by atoms with Crippen LogP contribution in [0.15, 0.2) is 42.5 Å². The van der Waals surface area contributed by atoms with E-state index >= 15 is 0 Å². The molecule has 3 nitrogen and oxygen atoms in total. The average molecular weight is 304 g/mol. The van der Waals surface area contributed by atoms with E-state index in [1.165, 1.54) is 23.8 Å². The first-order chi connectivity index (χ1) is 9.77. The molecule has 0 bridgehead atoms. The second kappa shape index (κ2) is 5.78. The van der Waals surface area contributed by atoms with Gasteiger partial charge in [-0.2, -0.15) is 0 Å². The molecule has 0 unspecified atom stereocenters. The van der Waals surface area contributed by atoms with Crippen molar-refractivity contribution in [3.63, 3.8) is 0 Å². The summed E-state index contributed by atoms with van der Waals surface area (Å²) in [5, 5.41) is 12.5. The van der Waals surface area contributed by atoms with Gasteiger partial charge < -0.3 is 10.4 Å². The van der Waals surface area contributed by atoms with Crippen molar-refractivity contribution in [1.29, 1.82) is 0 Å². The molecule has 0 spiro atoms. The molecule has 110 valence electrons. The average Bonchev–Trinajstić information content (AvgIpc) is 2.41. The lowest BCUT2D eigenvalue weighted by molar-refractivity contribution is 0.102. The molecule has 0 fully saturated rings. The van der Waals surface area contributed by atoms with Crippen molar-refractivity contribution in [2.45, 2.75) is 26.2 Å². The molecule has 2 aromatic carbocycles. The van der Waals surface area contributed by atoms with Gasteiger partial charge in [-0.3, -0.25) is 4.79 Å². The Morgan fingerprint density at radius 1 is 1.10 bits per heavy atom. The molecule has 0 aliphatic heterocycles. The fourth-order valence-corrected chi connectivity index (χ4v) is 2.14. The van der Waals surface area contributed by atoms with Crippen LogP contribution in [-0.2, 0) is 5.41 Å². The minimum absolute atomic E-state index is 0.00707. The first-order valence-corrected chi connectivity index (χ1v) is 7.05. The number of rotatable bonds is 2. The van der Waals surface area contributed by atoms with Crippen molar-refractivity contribution in [3.8, 4) is 5.75 Å². The van der Waals surface area contributed by atoms with Crippen LogP contribution in [0, 0.1) is 0 Å². The van der Waals surface area contributed by atoms with E-state index in [1.807, 2.05) is 24.3 Å². The van der Waals surface area contributed by atoms with E-state index in [0.717, 1.165) is 0 Å². The maximum Gasteiger partial charge on any atom is 0.257 e. The molecule has 2 rings (SSSR count). The molecule has 0 heterocycles. The van der Waals surface area contributed by atoms with Crippen LogP contribution in [-0.4, -0.2) is 11.0 Å². The summed E-state index contributed by atoms with van der Waals surface area (Å²) < 4.78 is 0. The molecule has 4 heteroatoms. The maximum absolute atomic E-state index is 12.2. The Labute approximate surface area is 129 Å². The number of carbonyl (C=O) groups excluding carboxylic acids is 1. The van der Waals surface area contributed by atoms with Gasteiger partial charge in [0.15, 0.2) is 0 Å². The van der Waals surface area contributed by atoms with Gasteiger partial charge in [0.2, 0.25) is 0 Å². The lowest BCUT2D eigenvalue weighted by Gasteiger charge is -2.19. The Hall–Kier alpha value is -2.00. The van der Waals surface area contributed by atoms with Crippen molar-refractivity contribution in [3.05, 3.63) is 58.6 Å². The molecule has 0 aliphatic rings. The van der Waals surface area contributed by atoms with Crippen LogP contribution in [0.4, 0.5) is 5.69 Å². The molecule has 0 saturated heterocycles. The van der Waals surface area contributed by atoms with Gasteiger partial charge in [-0.05, 0) is 41.3 Å². The number of carbonyl (C=O) groups is 1. The van der Waals surface area contributed by atoms with Gasteiger partial charge in [-0.1, -0.05) is 44.5 Å². The monoisotopic (exact) mass is 303 g/mol. The summed E-state index contributed by atoms with van der Waals surface area (Å²) >= 11 is 5.97. The summed E-state index contributed by atoms with van der Waals surface area (Å²) in [5.74, 6) is -0.341. The van der Waals surface area contributed by atoms with Gasteiger partial charge in [0.25, 0.3) is 5.91 Å². The highest BCUT2D eigenvalue weighted by Gasteiger charge is 2.14. The molecule has 2 N–H and O–H groups in total. The zero-order chi connectivity index (χ0) is 15.6. The lowest BCUT2D eigenvalue weighted by Crippen LogP contribution is -2.14. The SMILES string of the molecule is CC(C)(C)c1ccc(NC(=O)c2cc(O)ccc2Cl)cc1. The van der Waals surface area contributed by atoms with Gasteiger partial charge in [-0.15, -0.1) is 0 Å². The van der Waals surface area contributed by atoms with Gasteiger partial charge in [0.05, 0.1) is 10.6 Å². The van der Waals surface area contributed by atoms with Crippen molar-refractivity contribution < 1.29 is 9.90 Å². The van der Waals surface area contributed by atoms with Gasteiger partial charge in [-0.25, -0.2) is 0 Å². The van der Waals surface area contributed by atoms with Gasteiger partial charge in [0, 0.05) is 5.69 Å². The number of amides is 1. The quantitative estimate of drug-likeness (QED) is 0.852. The number of nitrogens with one attached hydrogen (secondary N) is 1. The Bertz CT molecular complexity index is 657. The highest BCUT2D eigenvalue weighted by atomic mass is 35.5. The van der Waals surface area contributed by atoms with E-state index in [2.05, 4.69) is 26.1 Å². The summed E-state index contributed by atoms with van der Waals surface area (Å²) in [7, 11) is 0. The number of hydrogen-bond donors (Lipinski definition) is 2. The number of anilines is 1. The van der Waals surface area contributed by atoms with Crippen LogP contribution in [0.1, 0.15) is 36.7 Å². The fraction of sp³-hybridized carbons (Fsp3) is 0.235. The van der Waals surface area contributed by atoms with Crippen LogP contribution in [0.2, 0.25) is 5.02 Å². The fourth-order valence-electron chi connectivity index (χ4n) is 1.94. The van der Waals surface area contributed by atoms with Crippen molar-refractivity contribution in [1.82, 2.24) is 0 Å². The van der Waals surface area contributed by atoms with Crippen LogP contribution < -0.4 is 5.32 Å². The van der Waals surface area contributed by atoms with E-state index in [4.69, 9.17) is 11.6 Å². The molecule has 0 saturated carbocycles. The first-order valence-electron chi connectivity index (χ1n) is 6.68. The molecular formula is C17H18ClNO2. The van der Waals surface area contributed by atoms with Crippen molar-refractivity contribution in [2.75, 3.05) is 5.32 Å². The Morgan fingerprint density at radius 3 is 2.29 bits per heavy atom. The highest BCUT2D eigenvalue weighted by Crippen LogP contribution is 2.25. The summed E-state index contributed by atoms with van der Waals surface area (Å²) in [6.07, 6.45) is 0. The Kier molecular flexibility index (Phi) is 4.24. The topological polar surface area (TPSA) is 49.3 Å². The first kappa shape index (κ1) is 15.4. The Morgan fingerprint density at radius 2 is 1.71 bits per heavy atom. The third kappa shape index (κ3) is 3.76. The molecule has 21 heavy (non-hydrogen) atoms. The van der Waals surface area contributed by atoms with Gasteiger partial charge in [0.1, 0.15) is 5.75 Å². The minimum Gasteiger partial charge on any atom is -0.508 e. The zero-order valence-electron chi connectivity index (χ0n) is 12.3. The van der Waals surface area contributed by atoms with Crippen LogP contribution in [0.3, 0.4) is 0 Å². The number of hydrogen-bond acceptors (Lipinski definition) is 2. The highest BCUT2D eigenvalue weighted by molar-refractivity contribution is 6.34. The Balaban J connectivity index is 2.18. The maximum atomic E-state index is 12.2. The van der Waals surface area contributed by atoms with Crippen molar-refractivity contribution >= 4 is 23.2 Å². The van der Waals surface area contributed by atoms with Crippen LogP contribution in [0.25, 0.3) is 0 Å². The summed E-state index contributed by atoms with van der Waals surface area (Å²) in [6.45, 7) is 6.40. The molecule has 0 atom stereocenters. The number of aromatic hydroxyl groups is 1. The largest absolute Gasteiger partial charge is 0.508 e. The van der Waals surface area contributed by atoms with E-state index in [9.17, 15) is 9.90 Å². The standard InChI is InChI=1S/C17H18ClNO2/c1-17(2,3)11-4-6-12(7-5-11)19-16(21)14-10-13(20)8-9-15(14)18/h4-10,20H,1-3H3,(H,19,21). The molecule has 0 radical (unpaired) electrons. The molecule has 0 aromatic heterocycles. The van der Waals surface area contributed by atoms with E-state index in [0.29, 0.717) is 10.7 Å². The summed E-state index contributed by atoms with van der Waals surface area (Å²) in [5.41, 5.74) is 2.19. The lowest BCUT2D eigenvalue weighted by atomic mass is 9.87. The van der Waals surface area contributed by atoms with E-state index in [1.54, 1.807) is 0 Å².